The van der Waals surface area contributed by atoms with Gasteiger partial charge in [-0.25, -0.2) is 5.84 Å². The first kappa shape index (κ1) is 21.9. The lowest BCUT2D eigenvalue weighted by Gasteiger charge is -2.38. The number of aliphatic hydroxyl groups excluding tert-OH is 2. The fraction of sp³-hybridized carbons (Fsp3) is 0.550. The van der Waals surface area contributed by atoms with Gasteiger partial charge < -0.3 is 26.3 Å². The molecular formula is C20H30ClN5O3. The van der Waals surface area contributed by atoms with Gasteiger partial charge in [-0.15, -0.1) is 0 Å². The van der Waals surface area contributed by atoms with Crippen molar-refractivity contribution in [2.24, 2.45) is 17.0 Å². The Hall–Kier alpha value is -1.84. The van der Waals surface area contributed by atoms with Crippen molar-refractivity contribution in [3.63, 3.8) is 0 Å². The molecule has 0 aromatic heterocycles. The molecule has 0 unspecified atom stereocenters. The summed E-state index contributed by atoms with van der Waals surface area (Å²) < 4.78 is 0. The van der Waals surface area contributed by atoms with E-state index in [1.54, 1.807) is 19.2 Å². The maximum atomic E-state index is 12.7. The van der Waals surface area contributed by atoms with Gasteiger partial charge in [-0.2, -0.15) is 0 Å². The number of nitrogens with zero attached hydrogens (tertiary/aromatic N) is 2. The van der Waals surface area contributed by atoms with Crippen LogP contribution in [0.4, 0.5) is 5.69 Å². The SMILES string of the molecule is CC(CO)(CO)CN(N)/C=C(\N)CN1CCC2(CC1)C(=O)Nc1ccc(Cl)cc12. The van der Waals surface area contributed by atoms with Crippen LogP contribution in [0.5, 0.6) is 0 Å². The Kier molecular flexibility index (Phi) is 6.40. The van der Waals surface area contributed by atoms with Crippen LogP contribution in [0.15, 0.2) is 30.1 Å². The van der Waals surface area contributed by atoms with Gasteiger partial charge in [0.2, 0.25) is 5.91 Å². The Labute approximate surface area is 176 Å². The number of fused-ring (bicyclic) bond motifs is 2. The van der Waals surface area contributed by atoms with Gasteiger partial charge in [0.25, 0.3) is 0 Å². The molecule has 1 fully saturated rings. The zero-order valence-corrected chi connectivity index (χ0v) is 17.5. The number of rotatable bonds is 7. The number of carbonyl (C=O) groups is 1. The standard InChI is InChI=1S/C20H30ClN5O3/c1-19(12-27,13-28)11-26(23)10-15(22)9-25-6-4-20(5-7-25)16-8-14(21)2-3-17(16)24-18(20)29/h2-3,8,10,27-28H,4-7,9,11-13,22-23H2,1H3,(H,24,29)/b15-10-. The third kappa shape index (κ3) is 4.51. The number of nitrogens with one attached hydrogen (secondary N) is 1. The number of piperidine rings is 1. The third-order valence-corrected chi connectivity index (χ3v) is 6.19. The van der Waals surface area contributed by atoms with Crippen molar-refractivity contribution in [1.29, 1.82) is 0 Å². The molecule has 1 aromatic carbocycles. The fourth-order valence-corrected chi connectivity index (χ4v) is 4.30. The zero-order valence-electron chi connectivity index (χ0n) is 16.7. The Morgan fingerprint density at radius 3 is 2.66 bits per heavy atom. The topological polar surface area (TPSA) is 128 Å². The van der Waals surface area contributed by atoms with Crippen LogP contribution in [0, 0.1) is 5.41 Å². The van der Waals surface area contributed by atoms with E-state index in [2.05, 4.69) is 10.2 Å². The molecule has 0 radical (unpaired) electrons. The highest BCUT2D eigenvalue weighted by atomic mass is 35.5. The summed E-state index contributed by atoms with van der Waals surface area (Å²) in [6, 6.07) is 5.54. The first-order valence-electron chi connectivity index (χ1n) is 9.74. The molecule has 2 aliphatic rings. The summed E-state index contributed by atoms with van der Waals surface area (Å²) in [6.07, 6.45) is 3.02. The maximum Gasteiger partial charge on any atom is 0.235 e. The van der Waals surface area contributed by atoms with Crippen LogP contribution in [0.2, 0.25) is 5.02 Å². The van der Waals surface area contributed by atoms with E-state index >= 15 is 0 Å². The second-order valence-electron chi connectivity index (χ2n) is 8.51. The number of hydrogen-bond donors (Lipinski definition) is 5. The molecule has 8 nitrogen and oxygen atoms in total. The number of nitrogens with two attached hydrogens (primary N) is 2. The van der Waals surface area contributed by atoms with Crippen LogP contribution >= 0.6 is 11.6 Å². The normalized spacial score (nSPS) is 19.3. The molecule has 9 heteroatoms. The van der Waals surface area contributed by atoms with Crippen LogP contribution in [0.1, 0.15) is 25.3 Å². The van der Waals surface area contributed by atoms with Crippen molar-refractivity contribution in [2.75, 3.05) is 44.7 Å². The van der Waals surface area contributed by atoms with E-state index in [1.165, 1.54) is 5.01 Å². The lowest BCUT2D eigenvalue weighted by Crippen LogP contribution is -2.47. The first-order valence-corrected chi connectivity index (χ1v) is 10.1. The van der Waals surface area contributed by atoms with E-state index in [4.69, 9.17) is 23.2 Å². The predicted molar refractivity (Wildman–Crippen MR) is 113 cm³/mol. The summed E-state index contributed by atoms with van der Waals surface area (Å²) in [4.78, 5) is 14.9. The number of likely N-dealkylation sites (tertiary alicyclic amines) is 1. The maximum absolute atomic E-state index is 12.7. The largest absolute Gasteiger partial charge is 0.400 e. The number of amides is 1. The minimum Gasteiger partial charge on any atom is -0.400 e. The summed E-state index contributed by atoms with van der Waals surface area (Å²) in [5, 5.41) is 23.8. The second-order valence-corrected chi connectivity index (χ2v) is 8.94. The summed E-state index contributed by atoms with van der Waals surface area (Å²) in [5.41, 5.74) is 7.34. The number of anilines is 1. The van der Waals surface area contributed by atoms with Crippen LogP contribution < -0.4 is 16.9 Å². The number of carbonyl (C=O) groups excluding carboxylic acids is 1. The Morgan fingerprint density at radius 2 is 2.03 bits per heavy atom. The van der Waals surface area contributed by atoms with Gasteiger partial charge in [0.15, 0.2) is 0 Å². The van der Waals surface area contributed by atoms with Crippen LogP contribution in [-0.2, 0) is 10.2 Å². The van der Waals surface area contributed by atoms with Crippen LogP contribution in [0.25, 0.3) is 0 Å². The van der Waals surface area contributed by atoms with Gasteiger partial charge in [-0.3, -0.25) is 9.69 Å². The highest BCUT2D eigenvalue weighted by Crippen LogP contribution is 2.45. The molecule has 1 aromatic rings. The Morgan fingerprint density at radius 1 is 1.38 bits per heavy atom. The van der Waals surface area contributed by atoms with E-state index in [0.29, 0.717) is 30.1 Å². The molecule has 1 saturated heterocycles. The quantitative estimate of drug-likeness (QED) is 0.321. The number of hydrogen-bond acceptors (Lipinski definition) is 7. The molecule has 1 amide bonds. The minimum atomic E-state index is -0.701. The van der Waals surface area contributed by atoms with Crippen LogP contribution in [-0.4, -0.2) is 65.4 Å². The molecule has 3 rings (SSSR count). The van der Waals surface area contributed by atoms with Gasteiger partial charge in [0.05, 0.1) is 18.6 Å². The van der Waals surface area contributed by atoms with Gasteiger partial charge in [-0.1, -0.05) is 18.5 Å². The van der Waals surface area contributed by atoms with Gasteiger partial charge in [-0.05, 0) is 49.7 Å². The van der Waals surface area contributed by atoms with E-state index in [0.717, 1.165) is 24.3 Å². The smallest absolute Gasteiger partial charge is 0.235 e. The number of benzene rings is 1. The lowest BCUT2D eigenvalue weighted by molar-refractivity contribution is -0.122. The van der Waals surface area contributed by atoms with E-state index in [9.17, 15) is 15.0 Å². The first-order chi connectivity index (χ1) is 13.7. The van der Waals surface area contributed by atoms with Crippen molar-refractivity contribution in [1.82, 2.24) is 9.91 Å². The summed E-state index contributed by atoms with van der Waals surface area (Å²) in [6.45, 7) is 3.66. The Bertz CT molecular complexity index is 788. The van der Waals surface area contributed by atoms with Crippen molar-refractivity contribution >= 4 is 23.2 Å². The van der Waals surface area contributed by atoms with Crippen molar-refractivity contribution < 1.29 is 15.0 Å². The van der Waals surface area contributed by atoms with Crippen molar-refractivity contribution in [2.45, 2.75) is 25.2 Å². The molecule has 0 aliphatic carbocycles. The monoisotopic (exact) mass is 423 g/mol. The second kappa shape index (κ2) is 8.49. The molecule has 1 spiro atoms. The molecular weight excluding hydrogens is 394 g/mol. The van der Waals surface area contributed by atoms with Crippen molar-refractivity contribution in [3.8, 4) is 0 Å². The van der Waals surface area contributed by atoms with Gasteiger partial charge in [0, 0.05) is 41.1 Å². The number of hydrazine groups is 1. The van der Waals surface area contributed by atoms with E-state index in [-0.39, 0.29) is 25.7 Å². The van der Waals surface area contributed by atoms with Crippen LogP contribution in [0.3, 0.4) is 0 Å². The highest BCUT2D eigenvalue weighted by Gasteiger charge is 2.48. The molecule has 7 N–H and O–H groups in total. The summed E-state index contributed by atoms with van der Waals surface area (Å²) in [7, 11) is 0. The average Bonchev–Trinajstić information content (AvgIpc) is 2.94. The lowest BCUT2D eigenvalue weighted by atomic mass is 9.73. The molecule has 160 valence electrons. The molecule has 2 heterocycles. The summed E-state index contributed by atoms with van der Waals surface area (Å²) >= 11 is 6.16. The summed E-state index contributed by atoms with van der Waals surface area (Å²) in [5.74, 6) is 6.01. The molecule has 29 heavy (non-hydrogen) atoms. The van der Waals surface area contributed by atoms with Gasteiger partial charge in [0.1, 0.15) is 0 Å². The highest BCUT2D eigenvalue weighted by molar-refractivity contribution is 6.31. The Balaban J connectivity index is 1.60. The van der Waals surface area contributed by atoms with Crippen molar-refractivity contribution in [3.05, 3.63) is 40.7 Å². The van der Waals surface area contributed by atoms with E-state index in [1.807, 2.05) is 12.1 Å². The average molecular weight is 424 g/mol. The molecule has 0 saturated carbocycles. The van der Waals surface area contributed by atoms with E-state index < -0.39 is 10.8 Å². The fourth-order valence-electron chi connectivity index (χ4n) is 4.12. The minimum absolute atomic E-state index is 0.0401. The predicted octanol–water partition coefficient (Wildman–Crippen LogP) is 0.592. The van der Waals surface area contributed by atoms with Gasteiger partial charge >= 0.3 is 0 Å². The number of halogens is 1. The molecule has 0 atom stereocenters. The molecule has 2 aliphatic heterocycles. The third-order valence-electron chi connectivity index (χ3n) is 5.96. The molecule has 0 bridgehead atoms. The number of aliphatic hydroxyl groups is 2. The zero-order chi connectivity index (χ0) is 21.2.